The van der Waals surface area contributed by atoms with Crippen LogP contribution in [0.5, 0.6) is 0 Å². The second-order valence-corrected chi connectivity index (χ2v) is 7.47. The molecule has 0 atom stereocenters. The van der Waals surface area contributed by atoms with Gasteiger partial charge in [0.15, 0.2) is 0 Å². The summed E-state index contributed by atoms with van der Waals surface area (Å²) >= 11 is 0. The summed E-state index contributed by atoms with van der Waals surface area (Å²) in [7, 11) is 0. The van der Waals surface area contributed by atoms with E-state index in [9.17, 15) is 4.79 Å². The predicted octanol–water partition coefficient (Wildman–Crippen LogP) is 6.17. The molecule has 0 bridgehead atoms. The molecule has 0 saturated heterocycles. The van der Waals surface area contributed by atoms with Crippen LogP contribution in [0.15, 0.2) is 73.1 Å². The van der Waals surface area contributed by atoms with E-state index in [2.05, 4.69) is 16.9 Å². The highest BCUT2D eigenvalue weighted by atomic mass is 16.5. The Balaban J connectivity index is 1.63. The number of nitrogens with zero attached hydrogens (tertiary/aromatic N) is 2. The highest BCUT2D eigenvalue weighted by molar-refractivity contribution is 5.89. The van der Waals surface area contributed by atoms with E-state index in [-0.39, 0.29) is 11.9 Å². The lowest BCUT2D eigenvalue weighted by Crippen LogP contribution is -2.09. The summed E-state index contributed by atoms with van der Waals surface area (Å²) in [6.45, 7) is 2.69. The van der Waals surface area contributed by atoms with Crippen molar-refractivity contribution in [2.75, 3.05) is 6.61 Å². The predicted molar refractivity (Wildman–Crippen MR) is 120 cm³/mol. The van der Waals surface area contributed by atoms with E-state index >= 15 is 0 Å². The first kappa shape index (κ1) is 21.7. The van der Waals surface area contributed by atoms with Crippen molar-refractivity contribution in [3.8, 4) is 0 Å². The molecule has 1 aromatic carbocycles. The number of hydrogen-bond acceptors (Lipinski definition) is 4. The van der Waals surface area contributed by atoms with Crippen molar-refractivity contribution in [2.24, 2.45) is 0 Å². The van der Waals surface area contributed by atoms with Crippen LogP contribution in [0.1, 0.15) is 78.7 Å². The van der Waals surface area contributed by atoms with Crippen LogP contribution < -0.4 is 0 Å². The van der Waals surface area contributed by atoms with Gasteiger partial charge in [-0.15, -0.1) is 0 Å². The lowest BCUT2D eigenvalue weighted by atomic mass is 9.91. The number of ether oxygens (including phenoxy) is 1. The van der Waals surface area contributed by atoms with Gasteiger partial charge in [0.2, 0.25) is 0 Å². The minimum atomic E-state index is -0.262. The largest absolute Gasteiger partial charge is 0.462 e. The first-order chi connectivity index (χ1) is 14.8. The molecule has 0 aliphatic carbocycles. The maximum absolute atomic E-state index is 12.4. The van der Waals surface area contributed by atoms with Gasteiger partial charge in [0.1, 0.15) is 0 Å². The fourth-order valence-corrected chi connectivity index (χ4v) is 3.53. The fourth-order valence-electron chi connectivity index (χ4n) is 3.53. The van der Waals surface area contributed by atoms with Crippen molar-refractivity contribution >= 4 is 5.97 Å². The molecular formula is C26H30N2O2. The molecule has 0 radical (unpaired) electrons. The summed E-state index contributed by atoms with van der Waals surface area (Å²) in [6, 6.07) is 19.4. The molecule has 0 amide bonds. The Labute approximate surface area is 179 Å². The van der Waals surface area contributed by atoms with E-state index in [4.69, 9.17) is 4.74 Å². The van der Waals surface area contributed by atoms with E-state index in [1.54, 1.807) is 12.4 Å². The van der Waals surface area contributed by atoms with Gasteiger partial charge in [-0.1, -0.05) is 63.3 Å². The number of carbonyl (C=O) groups excluding carboxylic acids is 1. The summed E-state index contributed by atoms with van der Waals surface area (Å²) in [5.41, 5.74) is 3.47. The van der Waals surface area contributed by atoms with Crippen molar-refractivity contribution in [3.05, 3.63) is 95.6 Å². The van der Waals surface area contributed by atoms with Crippen molar-refractivity contribution in [2.45, 2.75) is 51.4 Å². The lowest BCUT2D eigenvalue weighted by molar-refractivity contribution is 0.0497. The molecule has 0 N–H and O–H groups in total. The number of unbranched alkanes of at least 4 members (excludes halogenated alkanes) is 5. The summed E-state index contributed by atoms with van der Waals surface area (Å²) < 4.78 is 5.44. The number of hydrogen-bond donors (Lipinski definition) is 0. The van der Waals surface area contributed by atoms with E-state index in [1.807, 2.05) is 60.7 Å². The van der Waals surface area contributed by atoms with Crippen LogP contribution in [0.4, 0.5) is 0 Å². The van der Waals surface area contributed by atoms with Crippen LogP contribution >= 0.6 is 0 Å². The van der Waals surface area contributed by atoms with Crippen molar-refractivity contribution in [1.82, 2.24) is 9.97 Å². The molecule has 4 nitrogen and oxygen atoms in total. The summed E-state index contributed by atoms with van der Waals surface area (Å²) in [4.78, 5) is 21.4. The zero-order valence-corrected chi connectivity index (χ0v) is 17.7. The number of carbonyl (C=O) groups is 1. The normalized spacial score (nSPS) is 10.9. The Morgan fingerprint density at radius 2 is 1.40 bits per heavy atom. The van der Waals surface area contributed by atoms with Gasteiger partial charge >= 0.3 is 5.97 Å². The van der Waals surface area contributed by atoms with E-state index < -0.39 is 0 Å². The molecule has 2 heterocycles. The van der Waals surface area contributed by atoms with Crippen molar-refractivity contribution in [3.63, 3.8) is 0 Å². The Kier molecular flexibility index (Phi) is 8.58. The van der Waals surface area contributed by atoms with Gasteiger partial charge in [0.25, 0.3) is 0 Å². The van der Waals surface area contributed by atoms with Gasteiger partial charge in [-0.3, -0.25) is 9.97 Å². The molecule has 0 aliphatic rings. The van der Waals surface area contributed by atoms with Crippen LogP contribution in [0.2, 0.25) is 0 Å². The highest BCUT2D eigenvalue weighted by Crippen LogP contribution is 2.29. The van der Waals surface area contributed by atoms with Gasteiger partial charge in [-0.05, 0) is 48.4 Å². The smallest absolute Gasteiger partial charge is 0.338 e. The first-order valence-electron chi connectivity index (χ1n) is 10.9. The second-order valence-electron chi connectivity index (χ2n) is 7.47. The topological polar surface area (TPSA) is 52.1 Å². The lowest BCUT2D eigenvalue weighted by Gasteiger charge is -2.17. The average molecular weight is 403 g/mol. The fraction of sp³-hybridized carbons (Fsp3) is 0.346. The summed E-state index contributed by atoms with van der Waals surface area (Å²) in [6.07, 6.45) is 10.6. The summed E-state index contributed by atoms with van der Waals surface area (Å²) in [5.74, 6) is -0.345. The van der Waals surface area contributed by atoms with Crippen LogP contribution in [0.3, 0.4) is 0 Å². The number of aromatic nitrogens is 2. The highest BCUT2D eigenvalue weighted by Gasteiger charge is 2.19. The Morgan fingerprint density at radius 3 is 1.97 bits per heavy atom. The molecule has 0 fully saturated rings. The van der Waals surface area contributed by atoms with Crippen molar-refractivity contribution < 1.29 is 9.53 Å². The zero-order chi connectivity index (χ0) is 21.0. The molecule has 30 heavy (non-hydrogen) atoms. The van der Waals surface area contributed by atoms with Crippen molar-refractivity contribution in [1.29, 1.82) is 0 Å². The van der Waals surface area contributed by atoms with E-state index in [0.29, 0.717) is 12.2 Å². The monoisotopic (exact) mass is 402 g/mol. The molecule has 0 saturated carbocycles. The maximum atomic E-state index is 12.4. The van der Waals surface area contributed by atoms with Crippen LogP contribution in [0.25, 0.3) is 0 Å². The molecule has 0 spiro atoms. The zero-order valence-electron chi connectivity index (χ0n) is 17.7. The maximum Gasteiger partial charge on any atom is 0.338 e. The number of benzene rings is 1. The Hall–Kier alpha value is -3.01. The Morgan fingerprint density at radius 1 is 0.800 bits per heavy atom. The van der Waals surface area contributed by atoms with Gasteiger partial charge in [-0.2, -0.15) is 0 Å². The third-order valence-corrected chi connectivity index (χ3v) is 5.18. The van der Waals surface area contributed by atoms with Gasteiger partial charge in [-0.25, -0.2) is 4.79 Å². The minimum Gasteiger partial charge on any atom is -0.462 e. The molecular weight excluding hydrogens is 372 g/mol. The second kappa shape index (κ2) is 11.9. The quantitative estimate of drug-likeness (QED) is 0.284. The molecule has 0 unspecified atom stereocenters. The minimum absolute atomic E-state index is 0.0828. The number of rotatable bonds is 11. The molecule has 3 rings (SSSR count). The molecule has 4 heteroatoms. The third-order valence-electron chi connectivity index (χ3n) is 5.18. The molecule has 3 aromatic rings. The molecule has 0 aliphatic heterocycles. The number of esters is 1. The first-order valence-corrected chi connectivity index (χ1v) is 10.9. The van der Waals surface area contributed by atoms with Gasteiger partial charge in [0.05, 0.1) is 29.5 Å². The van der Waals surface area contributed by atoms with E-state index in [1.165, 1.54) is 25.7 Å². The third kappa shape index (κ3) is 6.24. The molecule has 156 valence electrons. The van der Waals surface area contributed by atoms with Gasteiger partial charge in [0, 0.05) is 12.4 Å². The van der Waals surface area contributed by atoms with Crippen LogP contribution in [0, 0.1) is 0 Å². The van der Waals surface area contributed by atoms with Crippen LogP contribution in [-0.2, 0) is 4.74 Å². The SMILES string of the molecule is CCCCCCCCOC(=O)c1ccc(C(c2ccccn2)c2ccccn2)cc1. The summed E-state index contributed by atoms with van der Waals surface area (Å²) in [5, 5.41) is 0. The average Bonchev–Trinajstić information content (AvgIpc) is 2.80. The standard InChI is InChI=1S/C26H30N2O2/c1-2-3-4-5-6-11-20-30-26(29)22-16-14-21(15-17-22)25(23-12-7-9-18-27-23)24-13-8-10-19-28-24/h7-10,12-19,25H,2-6,11,20H2,1H3. The van der Waals surface area contributed by atoms with E-state index in [0.717, 1.165) is 29.8 Å². The molecule has 2 aromatic heterocycles. The van der Waals surface area contributed by atoms with Crippen LogP contribution in [-0.4, -0.2) is 22.5 Å². The Bertz CT molecular complexity index is 840. The number of pyridine rings is 2. The van der Waals surface area contributed by atoms with Gasteiger partial charge < -0.3 is 4.74 Å².